The maximum Gasteiger partial charge on any atom is 0.330 e. The lowest BCUT2D eigenvalue weighted by Crippen LogP contribution is -2.42. The van der Waals surface area contributed by atoms with E-state index >= 15 is 0 Å². The highest BCUT2D eigenvalue weighted by molar-refractivity contribution is 5.93. The maximum absolute atomic E-state index is 11.9. The molecule has 0 aliphatic heterocycles. The highest BCUT2D eigenvalue weighted by Crippen LogP contribution is 1.97. The summed E-state index contributed by atoms with van der Waals surface area (Å²) < 4.78 is 2.17. The first-order valence-electron chi connectivity index (χ1n) is 6.54. The predicted octanol–water partition coefficient (Wildman–Crippen LogP) is 0.394. The predicted molar refractivity (Wildman–Crippen MR) is 73.4 cm³/mol. The third kappa shape index (κ3) is 3.81. The molecule has 19 heavy (non-hydrogen) atoms. The molecule has 1 heterocycles. The molecular weight excluding hydrogens is 246 g/mol. The van der Waals surface area contributed by atoms with Gasteiger partial charge in [-0.3, -0.25) is 14.2 Å². The van der Waals surface area contributed by atoms with Gasteiger partial charge in [0.05, 0.1) is 0 Å². The first kappa shape index (κ1) is 15.2. The van der Waals surface area contributed by atoms with Gasteiger partial charge >= 0.3 is 5.69 Å². The average molecular weight is 267 g/mol. The van der Waals surface area contributed by atoms with E-state index in [0.29, 0.717) is 6.54 Å². The summed E-state index contributed by atoms with van der Waals surface area (Å²) >= 11 is 0. The summed E-state index contributed by atoms with van der Waals surface area (Å²) in [5.41, 5.74) is -1.00. The lowest BCUT2D eigenvalue weighted by molar-refractivity contribution is 0.0949. The van der Waals surface area contributed by atoms with Gasteiger partial charge in [0.1, 0.15) is 5.56 Å². The fourth-order valence-corrected chi connectivity index (χ4v) is 1.81. The summed E-state index contributed by atoms with van der Waals surface area (Å²) in [4.78, 5) is 35.2. The van der Waals surface area contributed by atoms with Gasteiger partial charge in [-0.15, -0.1) is 0 Å². The number of hydrogen-bond donors (Lipinski definition) is 1. The van der Waals surface area contributed by atoms with Crippen molar-refractivity contribution in [1.29, 1.82) is 0 Å². The summed E-state index contributed by atoms with van der Waals surface area (Å²) in [6.45, 7) is 2.66. The van der Waals surface area contributed by atoms with Crippen LogP contribution in [0.2, 0.25) is 0 Å². The van der Waals surface area contributed by atoms with Gasteiger partial charge in [0.2, 0.25) is 0 Å². The highest BCUT2D eigenvalue weighted by Gasteiger charge is 2.13. The summed E-state index contributed by atoms with van der Waals surface area (Å²) in [6, 6.07) is 0. The molecule has 0 saturated heterocycles. The quantitative estimate of drug-likeness (QED) is 0.758. The zero-order valence-corrected chi connectivity index (χ0v) is 11.7. The number of hydrogen-bond acceptors (Lipinski definition) is 3. The molecular formula is C13H21N3O3. The van der Waals surface area contributed by atoms with E-state index in [1.54, 1.807) is 0 Å². The van der Waals surface area contributed by atoms with Gasteiger partial charge in [-0.25, -0.2) is 4.79 Å². The Bertz CT molecular complexity index is 557. The van der Waals surface area contributed by atoms with Crippen molar-refractivity contribution in [2.45, 2.75) is 32.6 Å². The summed E-state index contributed by atoms with van der Waals surface area (Å²) in [5, 5.41) is 2.70. The number of carbonyl (C=O) groups is 1. The monoisotopic (exact) mass is 267 g/mol. The molecule has 1 aromatic rings. The van der Waals surface area contributed by atoms with E-state index in [1.807, 2.05) is 0 Å². The van der Waals surface area contributed by atoms with Crippen molar-refractivity contribution in [3.05, 3.63) is 32.6 Å². The van der Waals surface area contributed by atoms with Gasteiger partial charge in [0.15, 0.2) is 0 Å². The largest absolute Gasteiger partial charge is 0.352 e. The second-order valence-electron chi connectivity index (χ2n) is 4.62. The van der Waals surface area contributed by atoms with Crippen LogP contribution in [0.5, 0.6) is 0 Å². The van der Waals surface area contributed by atoms with Crippen molar-refractivity contribution in [2.75, 3.05) is 6.54 Å². The van der Waals surface area contributed by atoms with E-state index in [2.05, 4.69) is 12.2 Å². The van der Waals surface area contributed by atoms with E-state index in [-0.39, 0.29) is 5.56 Å². The Kier molecular flexibility index (Phi) is 5.54. The van der Waals surface area contributed by atoms with Crippen LogP contribution in [0.4, 0.5) is 0 Å². The minimum Gasteiger partial charge on any atom is -0.352 e. The Hall–Kier alpha value is -1.85. The van der Waals surface area contributed by atoms with Crippen LogP contribution in [0.25, 0.3) is 0 Å². The topological polar surface area (TPSA) is 73.1 Å². The standard InChI is InChI=1S/C13H21N3O3/c1-4-5-6-7-8-14-11(17)10-9-15(2)13(19)16(3)12(10)18/h9H,4-8H2,1-3H3,(H,14,17). The first-order valence-corrected chi connectivity index (χ1v) is 6.54. The molecule has 0 saturated carbocycles. The second-order valence-corrected chi connectivity index (χ2v) is 4.62. The molecule has 0 aliphatic carbocycles. The van der Waals surface area contributed by atoms with Crippen molar-refractivity contribution >= 4 is 5.91 Å². The smallest absolute Gasteiger partial charge is 0.330 e. The molecule has 0 radical (unpaired) electrons. The molecule has 0 atom stereocenters. The number of rotatable bonds is 6. The van der Waals surface area contributed by atoms with Gasteiger partial charge in [-0.2, -0.15) is 0 Å². The van der Waals surface area contributed by atoms with Crippen LogP contribution in [-0.4, -0.2) is 21.6 Å². The van der Waals surface area contributed by atoms with E-state index in [4.69, 9.17) is 0 Å². The average Bonchev–Trinajstić information content (AvgIpc) is 2.40. The van der Waals surface area contributed by atoms with Crippen molar-refractivity contribution in [2.24, 2.45) is 14.1 Å². The Morgan fingerprint density at radius 1 is 1.21 bits per heavy atom. The van der Waals surface area contributed by atoms with Crippen molar-refractivity contribution in [3.63, 3.8) is 0 Å². The van der Waals surface area contributed by atoms with Crippen LogP contribution in [0.15, 0.2) is 15.8 Å². The second kappa shape index (κ2) is 6.92. The number of aryl methyl sites for hydroxylation is 1. The number of unbranched alkanes of at least 4 members (excludes halogenated alkanes) is 3. The Morgan fingerprint density at radius 3 is 2.53 bits per heavy atom. The number of aromatic nitrogens is 2. The number of amides is 1. The van der Waals surface area contributed by atoms with E-state index < -0.39 is 17.2 Å². The lowest BCUT2D eigenvalue weighted by Gasteiger charge is -2.07. The van der Waals surface area contributed by atoms with Gasteiger partial charge in [0, 0.05) is 26.8 Å². The summed E-state index contributed by atoms with van der Waals surface area (Å²) in [6.07, 6.45) is 5.51. The molecule has 0 fully saturated rings. The van der Waals surface area contributed by atoms with Crippen LogP contribution in [0.3, 0.4) is 0 Å². The molecule has 6 heteroatoms. The van der Waals surface area contributed by atoms with Gasteiger partial charge in [0.25, 0.3) is 11.5 Å². The SMILES string of the molecule is CCCCCCNC(=O)c1cn(C)c(=O)n(C)c1=O. The van der Waals surface area contributed by atoms with E-state index in [9.17, 15) is 14.4 Å². The van der Waals surface area contributed by atoms with Gasteiger partial charge in [-0.1, -0.05) is 26.2 Å². The molecule has 0 unspecified atom stereocenters. The van der Waals surface area contributed by atoms with E-state index in [1.165, 1.54) is 24.9 Å². The number of carbonyl (C=O) groups excluding carboxylic acids is 1. The van der Waals surface area contributed by atoms with Crippen molar-refractivity contribution in [1.82, 2.24) is 14.5 Å². The molecule has 1 N–H and O–H groups in total. The lowest BCUT2D eigenvalue weighted by atomic mass is 10.2. The molecule has 0 bridgehead atoms. The highest BCUT2D eigenvalue weighted by atomic mass is 16.2. The molecule has 0 spiro atoms. The minimum absolute atomic E-state index is 0.0000847. The number of nitrogens with one attached hydrogen (secondary N) is 1. The fraction of sp³-hybridized carbons (Fsp3) is 0.615. The van der Waals surface area contributed by atoms with Crippen LogP contribution < -0.4 is 16.6 Å². The summed E-state index contributed by atoms with van der Waals surface area (Å²) in [5.74, 6) is -0.423. The van der Waals surface area contributed by atoms with Crippen LogP contribution >= 0.6 is 0 Å². The molecule has 6 nitrogen and oxygen atoms in total. The Labute approximate surface area is 112 Å². The third-order valence-corrected chi connectivity index (χ3v) is 3.01. The molecule has 0 aromatic carbocycles. The van der Waals surface area contributed by atoms with Crippen LogP contribution in [-0.2, 0) is 14.1 Å². The minimum atomic E-state index is -0.561. The Morgan fingerprint density at radius 2 is 1.89 bits per heavy atom. The molecule has 0 aliphatic rings. The first-order chi connectivity index (χ1) is 8.99. The van der Waals surface area contributed by atoms with Gasteiger partial charge in [-0.05, 0) is 6.42 Å². The molecule has 1 amide bonds. The normalized spacial score (nSPS) is 10.5. The van der Waals surface area contributed by atoms with Crippen molar-refractivity contribution in [3.8, 4) is 0 Å². The zero-order chi connectivity index (χ0) is 14.4. The fourth-order valence-electron chi connectivity index (χ4n) is 1.81. The van der Waals surface area contributed by atoms with Crippen LogP contribution in [0, 0.1) is 0 Å². The van der Waals surface area contributed by atoms with Crippen molar-refractivity contribution < 1.29 is 4.79 Å². The van der Waals surface area contributed by atoms with Crippen LogP contribution in [0.1, 0.15) is 43.0 Å². The molecule has 106 valence electrons. The maximum atomic E-state index is 11.9. The van der Waals surface area contributed by atoms with Gasteiger partial charge < -0.3 is 9.88 Å². The van der Waals surface area contributed by atoms with E-state index in [0.717, 1.165) is 30.3 Å². The number of nitrogens with zero attached hydrogens (tertiary/aromatic N) is 2. The third-order valence-electron chi connectivity index (χ3n) is 3.01. The summed E-state index contributed by atoms with van der Waals surface area (Å²) in [7, 11) is 2.88. The Balaban J connectivity index is 2.73. The molecule has 1 aromatic heterocycles. The zero-order valence-electron chi connectivity index (χ0n) is 11.7. The molecule has 1 rings (SSSR count).